The van der Waals surface area contributed by atoms with E-state index < -0.39 is 29.6 Å². The largest absolute Gasteiger partial charge is 0.402 e. The maximum atomic E-state index is 12.8. The first-order valence-corrected chi connectivity index (χ1v) is 3.65. The van der Waals surface area contributed by atoms with Gasteiger partial charge in [0.15, 0.2) is 5.41 Å². The molecule has 0 saturated heterocycles. The lowest BCUT2D eigenvalue weighted by atomic mass is 9.58. The second kappa shape index (κ2) is 2.33. The lowest BCUT2D eigenvalue weighted by molar-refractivity contribution is -0.389. The second-order valence-corrected chi connectivity index (χ2v) is 3.51. The van der Waals surface area contributed by atoms with E-state index in [-0.39, 0.29) is 6.92 Å². The fourth-order valence-corrected chi connectivity index (χ4v) is 1.59. The topological polar surface area (TPSA) is 0 Å². The third-order valence-corrected chi connectivity index (χ3v) is 2.84. The van der Waals surface area contributed by atoms with E-state index in [1.807, 2.05) is 0 Å². The Balaban J connectivity index is 3.06. The van der Waals surface area contributed by atoms with Crippen molar-refractivity contribution in [3.05, 3.63) is 0 Å². The molecule has 1 aliphatic carbocycles. The molecule has 0 N–H and O–H groups in total. The average Bonchev–Trinajstić information content (AvgIpc) is 1.98. The lowest BCUT2D eigenvalue weighted by Crippen LogP contribution is -2.71. The Morgan fingerprint density at radius 2 is 1.54 bits per heavy atom. The Kier molecular flexibility index (Phi) is 1.91. The molecule has 1 fully saturated rings. The van der Waals surface area contributed by atoms with Crippen LogP contribution in [0.4, 0.5) is 26.3 Å². The first kappa shape index (κ1) is 10.7. The van der Waals surface area contributed by atoms with Crippen molar-refractivity contribution in [2.24, 2.45) is 11.3 Å². The summed E-state index contributed by atoms with van der Waals surface area (Å²) in [5.41, 5.74) is -3.51. The number of alkyl halides is 6. The molecule has 3 unspecified atom stereocenters. The summed E-state index contributed by atoms with van der Waals surface area (Å²) in [7, 11) is 0. The molecule has 0 spiro atoms. The predicted molar refractivity (Wildman–Crippen MR) is 33.2 cm³/mol. The number of halogens is 6. The molecule has 1 aliphatic rings. The molecule has 0 aromatic carbocycles. The first-order valence-electron chi connectivity index (χ1n) is 3.65. The predicted octanol–water partition coefficient (Wildman–Crippen LogP) is 3.18. The van der Waals surface area contributed by atoms with Crippen LogP contribution < -0.4 is 0 Å². The van der Waals surface area contributed by atoms with E-state index in [4.69, 9.17) is 0 Å². The fourth-order valence-electron chi connectivity index (χ4n) is 1.59. The summed E-state index contributed by atoms with van der Waals surface area (Å²) >= 11 is 0. The molecular weight excluding hydrogens is 198 g/mol. The van der Waals surface area contributed by atoms with Gasteiger partial charge in [-0.15, -0.1) is 0 Å². The monoisotopic (exact) mass is 206 g/mol. The van der Waals surface area contributed by atoms with Gasteiger partial charge >= 0.3 is 6.18 Å². The van der Waals surface area contributed by atoms with Crippen LogP contribution >= 0.6 is 0 Å². The van der Waals surface area contributed by atoms with Crippen LogP contribution in [0.25, 0.3) is 0 Å². The molecule has 3 atom stereocenters. The normalized spacial score (nSPS) is 44.3. The highest BCUT2D eigenvalue weighted by molar-refractivity contribution is 5.14. The zero-order valence-corrected chi connectivity index (χ0v) is 6.92. The molecule has 0 aliphatic heterocycles. The van der Waals surface area contributed by atoms with Crippen molar-refractivity contribution in [1.82, 2.24) is 0 Å². The molecule has 78 valence electrons. The Labute approximate surface area is 70.9 Å². The number of hydrogen-bond acceptors (Lipinski definition) is 0. The van der Waals surface area contributed by atoms with Gasteiger partial charge in [-0.2, -0.15) is 13.2 Å². The summed E-state index contributed by atoms with van der Waals surface area (Å²) in [6.45, 7) is 0.996. The van der Waals surface area contributed by atoms with Crippen molar-refractivity contribution in [1.29, 1.82) is 0 Å². The molecule has 6 heteroatoms. The summed E-state index contributed by atoms with van der Waals surface area (Å²) < 4.78 is 74.5. The van der Waals surface area contributed by atoms with E-state index in [0.717, 1.165) is 6.92 Å². The van der Waals surface area contributed by atoms with Crippen LogP contribution in [-0.2, 0) is 0 Å². The Bertz CT molecular complexity index is 220. The molecule has 0 radical (unpaired) electrons. The highest BCUT2D eigenvalue weighted by Crippen LogP contribution is 2.65. The van der Waals surface area contributed by atoms with Crippen LogP contribution in [0.5, 0.6) is 0 Å². The van der Waals surface area contributed by atoms with Gasteiger partial charge in [0, 0.05) is 0 Å². The summed E-state index contributed by atoms with van der Waals surface area (Å²) in [6, 6.07) is 0. The van der Waals surface area contributed by atoms with Crippen molar-refractivity contribution in [2.75, 3.05) is 0 Å². The fraction of sp³-hybridized carbons (Fsp3) is 1.00. The standard InChI is InChI=1S/C7H8F6/c1-3-4(8)5(2,6(3,9)10)7(11,12)13/h3-4H,1-2H3. The molecule has 13 heavy (non-hydrogen) atoms. The molecule has 0 aromatic rings. The highest BCUT2D eigenvalue weighted by Gasteiger charge is 2.82. The van der Waals surface area contributed by atoms with Gasteiger partial charge in [0.25, 0.3) is 5.92 Å². The van der Waals surface area contributed by atoms with Crippen LogP contribution in [0.3, 0.4) is 0 Å². The van der Waals surface area contributed by atoms with E-state index >= 15 is 0 Å². The summed E-state index contributed by atoms with van der Waals surface area (Å²) in [4.78, 5) is 0. The van der Waals surface area contributed by atoms with Gasteiger partial charge in [0.05, 0.1) is 5.92 Å². The van der Waals surface area contributed by atoms with E-state index in [2.05, 4.69) is 0 Å². The smallest absolute Gasteiger partial charge is 0.246 e. The highest BCUT2D eigenvalue weighted by atomic mass is 19.4. The molecule has 1 rings (SSSR count). The number of hydrogen-bond donors (Lipinski definition) is 0. The van der Waals surface area contributed by atoms with Gasteiger partial charge in [0.2, 0.25) is 0 Å². The third kappa shape index (κ3) is 0.942. The minimum atomic E-state index is -5.21. The van der Waals surface area contributed by atoms with Gasteiger partial charge in [0.1, 0.15) is 6.17 Å². The van der Waals surface area contributed by atoms with Crippen LogP contribution in [0.2, 0.25) is 0 Å². The first-order chi connectivity index (χ1) is 5.57. The van der Waals surface area contributed by atoms with E-state index in [0.29, 0.717) is 0 Å². The maximum absolute atomic E-state index is 12.8. The van der Waals surface area contributed by atoms with Gasteiger partial charge < -0.3 is 0 Å². The summed E-state index contributed by atoms with van der Waals surface area (Å²) in [6.07, 6.45) is -7.73. The Morgan fingerprint density at radius 1 is 1.15 bits per heavy atom. The van der Waals surface area contributed by atoms with Crippen LogP contribution in [0.1, 0.15) is 13.8 Å². The van der Waals surface area contributed by atoms with Gasteiger partial charge in [-0.3, -0.25) is 0 Å². The van der Waals surface area contributed by atoms with Gasteiger partial charge in [-0.25, -0.2) is 13.2 Å². The maximum Gasteiger partial charge on any atom is 0.402 e. The SMILES string of the molecule is CC1C(F)C(C)(C(F)(F)F)C1(F)F. The van der Waals surface area contributed by atoms with Crippen molar-refractivity contribution in [2.45, 2.75) is 32.1 Å². The Hall–Kier alpha value is -0.420. The molecular formula is C7H8F6. The van der Waals surface area contributed by atoms with Gasteiger partial charge in [-0.05, 0) is 6.92 Å². The van der Waals surface area contributed by atoms with Crippen molar-refractivity contribution < 1.29 is 26.3 Å². The molecule has 1 saturated carbocycles. The van der Waals surface area contributed by atoms with Crippen molar-refractivity contribution >= 4 is 0 Å². The quantitative estimate of drug-likeness (QED) is 0.534. The molecule has 0 nitrogen and oxygen atoms in total. The van der Waals surface area contributed by atoms with Gasteiger partial charge in [-0.1, -0.05) is 6.92 Å². The average molecular weight is 206 g/mol. The van der Waals surface area contributed by atoms with Crippen LogP contribution in [-0.4, -0.2) is 18.3 Å². The van der Waals surface area contributed by atoms with Crippen LogP contribution in [0.15, 0.2) is 0 Å². The van der Waals surface area contributed by atoms with Crippen LogP contribution in [0, 0.1) is 11.3 Å². The zero-order valence-electron chi connectivity index (χ0n) is 6.92. The van der Waals surface area contributed by atoms with E-state index in [9.17, 15) is 26.3 Å². The minimum Gasteiger partial charge on any atom is -0.246 e. The molecule has 0 aromatic heterocycles. The molecule has 0 bridgehead atoms. The summed E-state index contributed by atoms with van der Waals surface area (Å²) in [5, 5.41) is 0. The summed E-state index contributed by atoms with van der Waals surface area (Å²) in [5.74, 6) is -5.87. The van der Waals surface area contributed by atoms with Crippen molar-refractivity contribution in [3.63, 3.8) is 0 Å². The second-order valence-electron chi connectivity index (χ2n) is 3.51. The van der Waals surface area contributed by atoms with E-state index in [1.54, 1.807) is 0 Å². The lowest BCUT2D eigenvalue weighted by Gasteiger charge is -2.54. The number of rotatable bonds is 0. The van der Waals surface area contributed by atoms with Crippen molar-refractivity contribution in [3.8, 4) is 0 Å². The Morgan fingerprint density at radius 3 is 1.69 bits per heavy atom. The molecule has 0 amide bonds. The molecule has 0 heterocycles. The zero-order chi connectivity index (χ0) is 10.7. The minimum absolute atomic E-state index is 0.220. The van der Waals surface area contributed by atoms with E-state index in [1.165, 1.54) is 0 Å². The third-order valence-electron chi connectivity index (χ3n) is 2.84.